The summed E-state index contributed by atoms with van der Waals surface area (Å²) < 4.78 is 1.11. The van der Waals surface area contributed by atoms with E-state index in [9.17, 15) is 0 Å². The van der Waals surface area contributed by atoms with Crippen molar-refractivity contribution >= 4 is 23.1 Å². The van der Waals surface area contributed by atoms with Crippen molar-refractivity contribution in [3.05, 3.63) is 29.8 Å². The molecule has 2 nitrogen and oxygen atoms in total. The second-order valence-electron chi connectivity index (χ2n) is 7.35. The number of aryl methyl sites for hydroxylation is 1. The molecule has 0 saturated heterocycles. The van der Waals surface area contributed by atoms with Gasteiger partial charge in [-0.2, -0.15) is 0 Å². The molecule has 0 bridgehead atoms. The van der Waals surface area contributed by atoms with E-state index in [-0.39, 0.29) is 0 Å². The van der Waals surface area contributed by atoms with Crippen LogP contribution in [0.2, 0.25) is 0 Å². The molecule has 4 heteroatoms. The highest BCUT2D eigenvalue weighted by Gasteiger charge is 2.07. The van der Waals surface area contributed by atoms with Gasteiger partial charge in [-0.25, -0.2) is 0 Å². The molecule has 2 aromatic rings. The zero-order valence-electron chi connectivity index (χ0n) is 17.2. The maximum absolute atomic E-state index is 4.40. The van der Waals surface area contributed by atoms with Crippen molar-refractivity contribution in [1.82, 2.24) is 10.2 Å². The van der Waals surface area contributed by atoms with Crippen LogP contribution in [-0.4, -0.2) is 16.0 Å². The van der Waals surface area contributed by atoms with Crippen molar-refractivity contribution in [2.75, 3.05) is 5.75 Å². The van der Waals surface area contributed by atoms with Crippen LogP contribution in [0.3, 0.4) is 0 Å². The molecule has 0 saturated carbocycles. The number of nitrogens with zero attached hydrogens (tertiary/aromatic N) is 2. The minimum atomic E-state index is 1.05. The van der Waals surface area contributed by atoms with Gasteiger partial charge in [0.15, 0.2) is 4.34 Å². The van der Waals surface area contributed by atoms with Gasteiger partial charge in [-0.15, -0.1) is 10.2 Å². The van der Waals surface area contributed by atoms with Crippen LogP contribution in [0.4, 0.5) is 0 Å². The van der Waals surface area contributed by atoms with Crippen LogP contribution in [0.1, 0.15) is 90.0 Å². The molecule has 0 aliphatic rings. The number of benzene rings is 1. The minimum absolute atomic E-state index is 1.05. The van der Waals surface area contributed by atoms with Crippen molar-refractivity contribution in [2.24, 2.45) is 0 Å². The lowest BCUT2D eigenvalue weighted by atomic mass is 10.0. The van der Waals surface area contributed by atoms with Crippen molar-refractivity contribution in [2.45, 2.75) is 95.2 Å². The van der Waals surface area contributed by atoms with Crippen LogP contribution in [0.15, 0.2) is 28.6 Å². The van der Waals surface area contributed by atoms with Crippen LogP contribution in [-0.2, 0) is 6.42 Å². The summed E-state index contributed by atoms with van der Waals surface area (Å²) in [7, 11) is 0. The average Bonchev–Trinajstić information content (AvgIpc) is 3.16. The standard InChI is InChI=1S/C23H36N2S2/c1-3-5-7-9-11-13-19-26-23-25-24-22(27-23)21-17-15-20(16-18-21)14-12-10-8-6-4-2/h15-18H,3-14,19H2,1-2H3. The first-order valence-electron chi connectivity index (χ1n) is 10.9. The van der Waals surface area contributed by atoms with Crippen molar-refractivity contribution in [3.63, 3.8) is 0 Å². The first-order chi connectivity index (χ1) is 13.3. The topological polar surface area (TPSA) is 25.8 Å². The van der Waals surface area contributed by atoms with E-state index >= 15 is 0 Å². The zero-order chi connectivity index (χ0) is 19.2. The predicted octanol–water partition coefficient (Wildman–Crippen LogP) is 8.17. The molecule has 0 radical (unpaired) electrons. The molecule has 0 spiro atoms. The lowest BCUT2D eigenvalue weighted by molar-refractivity contribution is 0.627. The molecule has 0 aliphatic carbocycles. The van der Waals surface area contributed by atoms with E-state index in [1.165, 1.54) is 88.2 Å². The first kappa shape index (κ1) is 22.4. The third-order valence-electron chi connectivity index (χ3n) is 4.90. The van der Waals surface area contributed by atoms with Gasteiger partial charge in [0.05, 0.1) is 0 Å². The van der Waals surface area contributed by atoms with Gasteiger partial charge in [-0.05, 0) is 24.8 Å². The van der Waals surface area contributed by atoms with Crippen LogP contribution < -0.4 is 0 Å². The smallest absolute Gasteiger partial charge is 0.137 e. The van der Waals surface area contributed by atoms with Gasteiger partial charge >= 0.3 is 0 Å². The van der Waals surface area contributed by atoms with Gasteiger partial charge in [0, 0.05) is 11.3 Å². The fourth-order valence-electron chi connectivity index (χ4n) is 3.17. The van der Waals surface area contributed by atoms with Crippen molar-refractivity contribution in [1.29, 1.82) is 0 Å². The number of aromatic nitrogens is 2. The Bertz CT molecular complexity index is 607. The minimum Gasteiger partial charge on any atom is -0.137 e. The van der Waals surface area contributed by atoms with E-state index in [0.29, 0.717) is 0 Å². The van der Waals surface area contributed by atoms with E-state index in [4.69, 9.17) is 0 Å². The Hall–Kier alpha value is -0.870. The Kier molecular flexibility index (Phi) is 11.8. The van der Waals surface area contributed by atoms with Crippen LogP contribution in [0.5, 0.6) is 0 Å². The highest BCUT2D eigenvalue weighted by Crippen LogP contribution is 2.30. The third-order valence-corrected chi connectivity index (χ3v) is 7.09. The summed E-state index contributed by atoms with van der Waals surface area (Å²) in [5.41, 5.74) is 2.64. The van der Waals surface area contributed by atoms with E-state index in [1.807, 2.05) is 11.8 Å². The molecule has 0 aliphatic heterocycles. The van der Waals surface area contributed by atoms with Gasteiger partial charge in [0.1, 0.15) is 5.01 Å². The average molecular weight is 405 g/mol. The van der Waals surface area contributed by atoms with Crippen molar-refractivity contribution in [3.8, 4) is 10.6 Å². The number of hydrogen-bond acceptors (Lipinski definition) is 4. The van der Waals surface area contributed by atoms with Gasteiger partial charge in [-0.1, -0.05) is 119 Å². The molecule has 2 rings (SSSR count). The Morgan fingerprint density at radius 2 is 1.37 bits per heavy atom. The molecule has 0 N–H and O–H groups in total. The Labute approximate surface area is 174 Å². The third kappa shape index (κ3) is 9.25. The van der Waals surface area contributed by atoms with Gasteiger partial charge < -0.3 is 0 Å². The molecule has 0 unspecified atom stereocenters. The second kappa shape index (κ2) is 14.2. The fourth-order valence-corrected chi connectivity index (χ4v) is 5.10. The predicted molar refractivity (Wildman–Crippen MR) is 122 cm³/mol. The summed E-state index contributed by atoms with van der Waals surface area (Å²) >= 11 is 3.60. The molecule has 150 valence electrons. The van der Waals surface area contributed by atoms with E-state index in [0.717, 1.165) is 15.1 Å². The maximum Gasteiger partial charge on any atom is 0.174 e. The van der Waals surface area contributed by atoms with E-state index < -0.39 is 0 Å². The maximum atomic E-state index is 4.40. The SMILES string of the molecule is CCCCCCCCSc1nnc(-c2ccc(CCCCCCC)cc2)s1. The second-order valence-corrected chi connectivity index (χ2v) is 9.67. The molecule has 27 heavy (non-hydrogen) atoms. The van der Waals surface area contributed by atoms with Gasteiger partial charge in [0.2, 0.25) is 0 Å². The molecule has 1 aromatic carbocycles. The van der Waals surface area contributed by atoms with E-state index in [2.05, 4.69) is 48.3 Å². The number of unbranched alkanes of at least 4 members (excludes halogenated alkanes) is 9. The molecule has 0 fully saturated rings. The Morgan fingerprint density at radius 3 is 2.07 bits per heavy atom. The quantitative estimate of drug-likeness (QED) is 0.221. The summed E-state index contributed by atoms with van der Waals surface area (Å²) in [6.45, 7) is 4.54. The Balaban J connectivity index is 1.69. The fraction of sp³-hybridized carbons (Fsp3) is 0.652. The summed E-state index contributed by atoms with van der Waals surface area (Å²) in [6, 6.07) is 8.95. The first-order valence-corrected chi connectivity index (χ1v) is 12.7. The molecule has 0 atom stereocenters. The van der Waals surface area contributed by atoms with Crippen LogP contribution in [0.25, 0.3) is 10.6 Å². The normalized spacial score (nSPS) is 11.2. The summed E-state index contributed by atoms with van der Waals surface area (Å²) in [4.78, 5) is 0. The summed E-state index contributed by atoms with van der Waals surface area (Å²) in [5, 5.41) is 9.82. The highest BCUT2D eigenvalue weighted by molar-refractivity contribution is 8.01. The molecule has 0 amide bonds. The molecule has 1 aromatic heterocycles. The molecule has 1 heterocycles. The molecular formula is C23H36N2S2. The van der Waals surface area contributed by atoms with Gasteiger partial charge in [-0.3, -0.25) is 0 Å². The largest absolute Gasteiger partial charge is 0.174 e. The summed E-state index contributed by atoms with van der Waals surface area (Å²) in [5.74, 6) is 1.16. The molecular weight excluding hydrogens is 368 g/mol. The van der Waals surface area contributed by atoms with Crippen molar-refractivity contribution < 1.29 is 0 Å². The van der Waals surface area contributed by atoms with Crippen LogP contribution in [0, 0.1) is 0 Å². The van der Waals surface area contributed by atoms with Crippen LogP contribution >= 0.6 is 23.1 Å². The lowest BCUT2D eigenvalue weighted by Crippen LogP contribution is -1.86. The van der Waals surface area contributed by atoms with E-state index in [1.54, 1.807) is 11.3 Å². The summed E-state index contributed by atoms with van der Waals surface area (Å²) in [6.07, 6.45) is 16.0. The monoisotopic (exact) mass is 404 g/mol. The Morgan fingerprint density at radius 1 is 0.741 bits per heavy atom. The number of thioether (sulfide) groups is 1. The zero-order valence-corrected chi connectivity index (χ0v) is 18.8. The number of rotatable bonds is 15. The lowest BCUT2D eigenvalue weighted by Gasteiger charge is -2.02. The number of hydrogen-bond donors (Lipinski definition) is 0. The van der Waals surface area contributed by atoms with Gasteiger partial charge in [0.25, 0.3) is 0 Å². The highest BCUT2D eigenvalue weighted by atomic mass is 32.2.